The van der Waals surface area contributed by atoms with Gasteiger partial charge in [0.25, 0.3) is 0 Å². The number of nitrogens with two attached hydrogens (primary N) is 1. The molecule has 6 heteroatoms. The summed E-state index contributed by atoms with van der Waals surface area (Å²) in [4.78, 5) is 12.2. The van der Waals surface area contributed by atoms with E-state index >= 15 is 0 Å². The van der Waals surface area contributed by atoms with Crippen molar-refractivity contribution in [1.29, 1.82) is 0 Å². The lowest BCUT2D eigenvalue weighted by Crippen LogP contribution is -2.09. The second-order valence-corrected chi connectivity index (χ2v) is 2.77. The second kappa shape index (κ2) is 3.84. The van der Waals surface area contributed by atoms with E-state index in [1.54, 1.807) is 24.9 Å². The van der Waals surface area contributed by atoms with Gasteiger partial charge in [-0.25, -0.2) is 15.8 Å². The molecule has 0 radical (unpaired) electrons. The van der Waals surface area contributed by atoms with E-state index in [0.29, 0.717) is 12.4 Å². The highest BCUT2D eigenvalue weighted by atomic mass is 15.3. The van der Waals surface area contributed by atoms with E-state index in [2.05, 4.69) is 20.4 Å². The number of hydrogen-bond donors (Lipinski definition) is 2. The Morgan fingerprint density at radius 2 is 2.29 bits per heavy atom. The molecule has 0 saturated heterocycles. The predicted molar refractivity (Wildman–Crippen MR) is 51.2 cm³/mol. The maximum Gasteiger partial charge on any atom is 0.158 e. The third kappa shape index (κ3) is 1.86. The second-order valence-electron chi connectivity index (χ2n) is 2.77. The number of hydrazine groups is 1. The van der Waals surface area contributed by atoms with Crippen LogP contribution in [0.25, 0.3) is 0 Å². The fourth-order valence-corrected chi connectivity index (χ4v) is 1.08. The summed E-state index contributed by atoms with van der Waals surface area (Å²) in [5.74, 6) is 5.72. The molecule has 0 bridgehead atoms. The number of nitrogens with one attached hydrogen (secondary N) is 1. The lowest BCUT2D eigenvalue weighted by Gasteiger charge is -2.02. The molecular weight excluding hydrogens is 180 g/mol. The van der Waals surface area contributed by atoms with Gasteiger partial charge in [-0.15, -0.1) is 0 Å². The number of aromatic nitrogens is 4. The highest BCUT2D eigenvalue weighted by Crippen LogP contribution is 2.00. The van der Waals surface area contributed by atoms with E-state index < -0.39 is 0 Å². The highest BCUT2D eigenvalue weighted by molar-refractivity contribution is 5.28. The summed E-state index contributed by atoms with van der Waals surface area (Å²) in [7, 11) is 0. The van der Waals surface area contributed by atoms with E-state index in [4.69, 9.17) is 5.84 Å². The fraction of sp³-hybridized carbons (Fsp3) is 0.125. The van der Waals surface area contributed by atoms with E-state index in [1.165, 1.54) is 0 Å². The molecule has 72 valence electrons. The Hall–Kier alpha value is -1.95. The van der Waals surface area contributed by atoms with Crippen LogP contribution in [-0.2, 0) is 6.54 Å². The van der Waals surface area contributed by atoms with Gasteiger partial charge < -0.3 is 9.99 Å². The van der Waals surface area contributed by atoms with Crippen molar-refractivity contribution < 1.29 is 0 Å². The average molecular weight is 190 g/mol. The normalized spacial score (nSPS) is 10.1. The number of nitrogen functional groups attached to an aromatic ring is 1. The zero-order valence-electron chi connectivity index (χ0n) is 7.46. The number of imidazole rings is 1. The number of hydrogen-bond acceptors (Lipinski definition) is 5. The molecule has 0 saturated carbocycles. The number of nitrogens with zero attached hydrogens (tertiary/aromatic N) is 4. The molecule has 14 heavy (non-hydrogen) atoms. The van der Waals surface area contributed by atoms with E-state index in [9.17, 15) is 0 Å². The molecule has 0 aliphatic carbocycles. The van der Waals surface area contributed by atoms with Crippen molar-refractivity contribution >= 4 is 5.82 Å². The van der Waals surface area contributed by atoms with Gasteiger partial charge in [-0.05, 0) is 0 Å². The highest BCUT2D eigenvalue weighted by Gasteiger charge is 1.96. The van der Waals surface area contributed by atoms with Gasteiger partial charge in [0.2, 0.25) is 0 Å². The van der Waals surface area contributed by atoms with Crippen molar-refractivity contribution in [2.75, 3.05) is 5.43 Å². The zero-order chi connectivity index (χ0) is 9.80. The molecular formula is C8H10N6. The van der Waals surface area contributed by atoms with Crippen molar-refractivity contribution in [3.8, 4) is 0 Å². The third-order valence-electron chi connectivity index (χ3n) is 1.76. The first-order valence-electron chi connectivity index (χ1n) is 4.12. The van der Waals surface area contributed by atoms with Gasteiger partial charge in [0.1, 0.15) is 0 Å². The van der Waals surface area contributed by atoms with Gasteiger partial charge in [0, 0.05) is 12.4 Å². The van der Waals surface area contributed by atoms with Crippen LogP contribution in [0.15, 0.2) is 31.1 Å². The lowest BCUT2D eigenvalue weighted by molar-refractivity contribution is 0.767. The van der Waals surface area contributed by atoms with Crippen molar-refractivity contribution in [3.05, 3.63) is 36.8 Å². The quantitative estimate of drug-likeness (QED) is 0.526. The van der Waals surface area contributed by atoms with Crippen LogP contribution in [0.2, 0.25) is 0 Å². The Morgan fingerprint density at radius 1 is 1.36 bits per heavy atom. The van der Waals surface area contributed by atoms with Crippen molar-refractivity contribution in [1.82, 2.24) is 19.5 Å². The largest absolute Gasteiger partial charge is 0.331 e. The van der Waals surface area contributed by atoms with Gasteiger partial charge in [0.15, 0.2) is 5.82 Å². The van der Waals surface area contributed by atoms with Gasteiger partial charge in [-0.1, -0.05) is 0 Å². The van der Waals surface area contributed by atoms with Gasteiger partial charge >= 0.3 is 0 Å². The summed E-state index contributed by atoms with van der Waals surface area (Å²) < 4.78 is 1.92. The predicted octanol–water partition coefficient (Wildman–Crippen LogP) is 0.00700. The van der Waals surface area contributed by atoms with Gasteiger partial charge in [0.05, 0.1) is 31.0 Å². The Morgan fingerprint density at radius 3 is 2.86 bits per heavy atom. The molecule has 2 heterocycles. The molecule has 0 aromatic carbocycles. The maximum absolute atomic E-state index is 5.17. The van der Waals surface area contributed by atoms with Crippen LogP contribution in [0.4, 0.5) is 5.82 Å². The summed E-state index contributed by atoms with van der Waals surface area (Å²) in [6, 6.07) is 0. The molecule has 0 atom stereocenters. The van der Waals surface area contributed by atoms with E-state index in [-0.39, 0.29) is 0 Å². The van der Waals surface area contributed by atoms with E-state index in [1.807, 2.05) is 10.8 Å². The summed E-state index contributed by atoms with van der Waals surface area (Å²) in [6.07, 6.45) is 8.60. The molecule has 2 aromatic heterocycles. The average Bonchev–Trinajstić information content (AvgIpc) is 2.72. The molecule has 0 unspecified atom stereocenters. The fourth-order valence-electron chi connectivity index (χ4n) is 1.08. The number of rotatable bonds is 3. The van der Waals surface area contributed by atoms with Crippen molar-refractivity contribution in [2.24, 2.45) is 5.84 Å². The minimum atomic E-state index is 0.555. The number of anilines is 1. The third-order valence-corrected chi connectivity index (χ3v) is 1.76. The SMILES string of the molecule is NNc1cnc(Cn2ccnc2)cn1. The summed E-state index contributed by atoms with van der Waals surface area (Å²) >= 11 is 0. The van der Waals surface area contributed by atoms with Crippen LogP contribution in [0.3, 0.4) is 0 Å². The molecule has 2 rings (SSSR count). The smallest absolute Gasteiger partial charge is 0.158 e. The van der Waals surface area contributed by atoms with Crippen molar-refractivity contribution in [3.63, 3.8) is 0 Å². The molecule has 2 aromatic rings. The Kier molecular flexibility index (Phi) is 2.37. The van der Waals surface area contributed by atoms with Gasteiger partial charge in [-0.3, -0.25) is 4.98 Å². The molecule has 0 aliphatic heterocycles. The summed E-state index contributed by atoms with van der Waals surface area (Å²) in [5.41, 5.74) is 3.28. The van der Waals surface area contributed by atoms with E-state index in [0.717, 1.165) is 5.69 Å². The Labute approximate surface area is 80.8 Å². The standard InChI is InChI=1S/C8H10N6/c9-13-8-4-11-7(3-12-8)5-14-2-1-10-6-14/h1-4,6H,5,9H2,(H,12,13). The molecule has 0 fully saturated rings. The Bertz CT molecular complexity index is 379. The minimum Gasteiger partial charge on any atom is -0.331 e. The van der Waals surface area contributed by atoms with Gasteiger partial charge in [-0.2, -0.15) is 0 Å². The van der Waals surface area contributed by atoms with Crippen LogP contribution in [0, 0.1) is 0 Å². The molecule has 0 amide bonds. The maximum atomic E-state index is 5.17. The molecule has 0 aliphatic rings. The topological polar surface area (TPSA) is 81.6 Å². The van der Waals surface area contributed by atoms with Crippen LogP contribution < -0.4 is 11.3 Å². The van der Waals surface area contributed by atoms with Crippen LogP contribution in [0.1, 0.15) is 5.69 Å². The molecule has 0 spiro atoms. The lowest BCUT2D eigenvalue weighted by atomic mass is 10.4. The monoisotopic (exact) mass is 190 g/mol. The molecule has 3 N–H and O–H groups in total. The zero-order valence-corrected chi connectivity index (χ0v) is 7.46. The van der Waals surface area contributed by atoms with Crippen LogP contribution >= 0.6 is 0 Å². The first-order chi connectivity index (χ1) is 6.88. The summed E-state index contributed by atoms with van der Waals surface area (Å²) in [6.45, 7) is 0.665. The molecule has 6 nitrogen and oxygen atoms in total. The van der Waals surface area contributed by atoms with Crippen LogP contribution in [-0.4, -0.2) is 19.5 Å². The summed E-state index contributed by atoms with van der Waals surface area (Å²) in [5, 5.41) is 0. The van der Waals surface area contributed by atoms with Crippen molar-refractivity contribution in [2.45, 2.75) is 6.54 Å². The minimum absolute atomic E-state index is 0.555. The Balaban J connectivity index is 2.10. The first-order valence-corrected chi connectivity index (χ1v) is 4.12. The first kappa shape index (κ1) is 8.64. The van der Waals surface area contributed by atoms with Crippen LogP contribution in [0.5, 0.6) is 0 Å².